The molecule has 0 saturated heterocycles. The Balaban J connectivity index is 1.55. The lowest BCUT2D eigenvalue weighted by atomic mass is 9.87. The number of methoxy groups -OCH3 is 1. The number of nitrogens with zero attached hydrogens (tertiary/aromatic N) is 6. The number of hydrogen-bond donors (Lipinski definition) is 2. The van der Waals surface area contributed by atoms with Gasteiger partial charge in [-0.15, -0.1) is 0 Å². The van der Waals surface area contributed by atoms with Crippen LogP contribution in [0, 0.1) is 0 Å². The van der Waals surface area contributed by atoms with E-state index in [1.54, 1.807) is 42.5 Å². The van der Waals surface area contributed by atoms with Crippen molar-refractivity contribution in [2.45, 2.75) is 37.5 Å². The SMILES string of the molecule is COc1ccccc1Oc1c(NS(=O)(=O)c2ccc(C(C)(C)C)cc2)nc(-c2ncccn2)nc1OCCC(=O)Nc1cnccn1. The summed E-state index contributed by atoms with van der Waals surface area (Å²) in [5.74, 6) is -0.138. The van der Waals surface area contributed by atoms with Gasteiger partial charge in [-0.1, -0.05) is 45.0 Å². The Morgan fingerprint density at radius 3 is 2.23 bits per heavy atom. The fourth-order valence-corrected chi connectivity index (χ4v) is 5.15. The summed E-state index contributed by atoms with van der Waals surface area (Å²) in [6, 6.07) is 14.9. The maximum Gasteiger partial charge on any atom is 0.263 e. The molecule has 2 N–H and O–H groups in total. The lowest BCUT2D eigenvalue weighted by Gasteiger charge is -2.20. The molecule has 0 aliphatic heterocycles. The zero-order valence-corrected chi connectivity index (χ0v) is 26.9. The van der Waals surface area contributed by atoms with E-state index in [1.165, 1.54) is 50.2 Å². The van der Waals surface area contributed by atoms with Crippen LogP contribution in [0.1, 0.15) is 32.8 Å². The van der Waals surface area contributed by atoms with Crippen molar-refractivity contribution in [3.8, 4) is 34.8 Å². The van der Waals surface area contributed by atoms with Gasteiger partial charge in [-0.2, -0.15) is 4.98 Å². The van der Waals surface area contributed by atoms with Crippen molar-refractivity contribution in [3.05, 3.63) is 91.1 Å². The maximum absolute atomic E-state index is 13.7. The highest BCUT2D eigenvalue weighted by Gasteiger charge is 2.26. The van der Waals surface area contributed by atoms with Crippen molar-refractivity contribution in [1.29, 1.82) is 0 Å². The quantitative estimate of drug-likeness (QED) is 0.183. The molecule has 47 heavy (non-hydrogen) atoms. The smallest absolute Gasteiger partial charge is 0.263 e. The number of benzene rings is 2. The molecule has 0 atom stereocenters. The minimum Gasteiger partial charge on any atom is -0.493 e. The van der Waals surface area contributed by atoms with E-state index in [9.17, 15) is 13.2 Å². The van der Waals surface area contributed by atoms with E-state index >= 15 is 0 Å². The van der Waals surface area contributed by atoms with Crippen LogP contribution in [0.4, 0.5) is 11.6 Å². The Bertz CT molecular complexity index is 1940. The van der Waals surface area contributed by atoms with Gasteiger partial charge in [-0.3, -0.25) is 14.5 Å². The van der Waals surface area contributed by atoms with Gasteiger partial charge in [-0.25, -0.2) is 28.4 Å². The van der Waals surface area contributed by atoms with Gasteiger partial charge in [-0.05, 0) is 41.3 Å². The second kappa shape index (κ2) is 14.2. The number of sulfonamides is 1. The van der Waals surface area contributed by atoms with Gasteiger partial charge >= 0.3 is 0 Å². The fourth-order valence-electron chi connectivity index (χ4n) is 4.15. The van der Waals surface area contributed by atoms with Crippen LogP contribution in [0.25, 0.3) is 11.6 Å². The third-order valence-electron chi connectivity index (χ3n) is 6.54. The molecule has 0 saturated carbocycles. The number of carbonyl (C=O) groups is 1. The van der Waals surface area contributed by atoms with Crippen molar-refractivity contribution < 1.29 is 27.4 Å². The van der Waals surface area contributed by atoms with Crippen molar-refractivity contribution in [3.63, 3.8) is 0 Å². The van der Waals surface area contributed by atoms with E-state index in [2.05, 4.69) is 39.9 Å². The number of amides is 1. The van der Waals surface area contributed by atoms with E-state index in [4.69, 9.17) is 14.2 Å². The highest BCUT2D eigenvalue weighted by molar-refractivity contribution is 7.92. The molecule has 2 aromatic carbocycles. The second-order valence-corrected chi connectivity index (χ2v) is 12.7. The molecular formula is C32H32N8O6S. The first-order chi connectivity index (χ1) is 22.5. The molecule has 242 valence electrons. The number of ether oxygens (including phenoxy) is 3. The topological polar surface area (TPSA) is 180 Å². The average Bonchev–Trinajstić information content (AvgIpc) is 3.06. The third-order valence-corrected chi connectivity index (χ3v) is 7.90. The van der Waals surface area contributed by atoms with Gasteiger partial charge in [0.25, 0.3) is 15.9 Å². The van der Waals surface area contributed by atoms with E-state index in [1.807, 2.05) is 20.8 Å². The zero-order chi connectivity index (χ0) is 33.4. The highest BCUT2D eigenvalue weighted by Crippen LogP contribution is 2.41. The number of anilines is 2. The molecule has 3 heterocycles. The van der Waals surface area contributed by atoms with Crippen LogP contribution in [0.3, 0.4) is 0 Å². The van der Waals surface area contributed by atoms with Crippen molar-refractivity contribution in [2.75, 3.05) is 23.8 Å². The minimum absolute atomic E-state index is 0.00647. The second-order valence-electron chi connectivity index (χ2n) is 11.0. The van der Waals surface area contributed by atoms with Gasteiger partial charge in [0.15, 0.2) is 29.0 Å². The largest absolute Gasteiger partial charge is 0.493 e. The van der Waals surface area contributed by atoms with E-state index in [0.717, 1.165) is 5.56 Å². The number of para-hydroxylation sites is 2. The van der Waals surface area contributed by atoms with Crippen LogP contribution in [0.5, 0.6) is 23.1 Å². The normalized spacial score (nSPS) is 11.4. The van der Waals surface area contributed by atoms with Gasteiger partial charge in [0.05, 0.1) is 31.2 Å². The summed E-state index contributed by atoms with van der Waals surface area (Å²) in [5.41, 5.74) is 0.779. The molecule has 14 nitrogen and oxygen atoms in total. The summed E-state index contributed by atoms with van der Waals surface area (Å²) >= 11 is 0. The molecule has 15 heteroatoms. The number of nitrogens with one attached hydrogen (secondary N) is 2. The van der Waals surface area contributed by atoms with Crippen molar-refractivity contribution in [2.24, 2.45) is 0 Å². The van der Waals surface area contributed by atoms with Crippen molar-refractivity contribution >= 4 is 27.6 Å². The maximum atomic E-state index is 13.7. The van der Waals surface area contributed by atoms with Gasteiger partial charge in [0.2, 0.25) is 17.5 Å². The van der Waals surface area contributed by atoms with Crippen LogP contribution >= 0.6 is 0 Å². The molecule has 0 aliphatic rings. The lowest BCUT2D eigenvalue weighted by Crippen LogP contribution is -2.18. The van der Waals surface area contributed by atoms with Gasteiger partial charge in [0.1, 0.15) is 0 Å². The molecule has 0 aliphatic carbocycles. The molecule has 3 aromatic heterocycles. The Hall–Kier alpha value is -5.70. The molecule has 0 unspecified atom stereocenters. The van der Waals surface area contributed by atoms with Crippen LogP contribution < -0.4 is 24.2 Å². The first-order valence-electron chi connectivity index (χ1n) is 14.4. The van der Waals surface area contributed by atoms with Crippen molar-refractivity contribution in [1.82, 2.24) is 29.9 Å². The van der Waals surface area contributed by atoms with Gasteiger partial charge in [0, 0.05) is 24.8 Å². The minimum atomic E-state index is -4.22. The van der Waals surface area contributed by atoms with Crippen LogP contribution in [-0.4, -0.2) is 57.9 Å². The first kappa shape index (κ1) is 32.7. The molecule has 0 fully saturated rings. The summed E-state index contributed by atoms with van der Waals surface area (Å²) in [6.45, 7) is 5.92. The molecular weight excluding hydrogens is 624 g/mol. The van der Waals surface area contributed by atoms with Crippen LogP contribution in [0.15, 0.2) is 90.5 Å². The molecule has 0 bridgehead atoms. The summed E-state index contributed by atoms with van der Waals surface area (Å²) in [4.78, 5) is 37.9. The predicted octanol–water partition coefficient (Wildman–Crippen LogP) is 5.03. The summed E-state index contributed by atoms with van der Waals surface area (Å²) in [6.07, 6.45) is 7.20. The monoisotopic (exact) mass is 656 g/mol. The fraction of sp³-hybridized carbons (Fsp3) is 0.219. The lowest BCUT2D eigenvalue weighted by molar-refractivity contribution is -0.116. The summed E-state index contributed by atoms with van der Waals surface area (Å²) in [5, 5.41) is 2.62. The Kier molecular flexibility index (Phi) is 9.85. The molecule has 0 spiro atoms. The third kappa shape index (κ3) is 8.32. The van der Waals surface area contributed by atoms with Crippen LogP contribution in [0.2, 0.25) is 0 Å². The zero-order valence-electron chi connectivity index (χ0n) is 26.0. The number of hydrogen-bond acceptors (Lipinski definition) is 12. The van der Waals surface area contributed by atoms with E-state index in [-0.39, 0.29) is 64.0 Å². The highest BCUT2D eigenvalue weighted by atomic mass is 32.2. The summed E-state index contributed by atoms with van der Waals surface area (Å²) in [7, 11) is -2.75. The number of rotatable bonds is 12. The van der Waals surface area contributed by atoms with Crippen LogP contribution in [-0.2, 0) is 20.2 Å². The molecule has 5 aromatic rings. The molecule has 0 radical (unpaired) electrons. The molecule has 5 rings (SSSR count). The first-order valence-corrected chi connectivity index (χ1v) is 15.8. The van der Waals surface area contributed by atoms with E-state index < -0.39 is 15.9 Å². The Morgan fingerprint density at radius 1 is 0.851 bits per heavy atom. The Morgan fingerprint density at radius 2 is 1.57 bits per heavy atom. The number of aromatic nitrogens is 6. The Labute approximate surface area is 271 Å². The standard InChI is InChI=1S/C32H32N8O6S/c1-32(2,3)21-10-12-22(13-11-21)47(42,43)40-28-27(46-24-9-6-5-8-23(24)44-4)31(39-30(38-28)29-35-15-7-16-36-29)45-19-14-26(41)37-25-20-33-17-18-34-25/h5-13,15-18,20H,14,19H2,1-4H3,(H,34,37,41)(H,38,39,40). The summed E-state index contributed by atoms with van der Waals surface area (Å²) < 4.78 is 47.6. The van der Waals surface area contributed by atoms with E-state index in [0.29, 0.717) is 5.75 Å². The predicted molar refractivity (Wildman–Crippen MR) is 173 cm³/mol. The van der Waals surface area contributed by atoms with Gasteiger partial charge < -0.3 is 19.5 Å². The molecule has 1 amide bonds. The number of carbonyl (C=O) groups excluding carboxylic acids is 1. The average molecular weight is 657 g/mol.